The van der Waals surface area contributed by atoms with Crippen LogP contribution < -0.4 is 9.47 Å². The van der Waals surface area contributed by atoms with E-state index in [0.717, 1.165) is 12.0 Å². The quantitative estimate of drug-likeness (QED) is 0.778. The number of rotatable bonds is 7. The van der Waals surface area contributed by atoms with Gasteiger partial charge in [-0.1, -0.05) is 30.3 Å². The van der Waals surface area contributed by atoms with E-state index in [-0.39, 0.29) is 5.91 Å². The summed E-state index contributed by atoms with van der Waals surface area (Å²) in [6, 6.07) is 13.8. The number of likely N-dealkylation sites (N-methyl/N-ethyl adjacent to an activating group) is 1. The summed E-state index contributed by atoms with van der Waals surface area (Å²) < 4.78 is 10.7. The monoisotopic (exact) mass is 327 g/mol. The van der Waals surface area contributed by atoms with Crippen molar-refractivity contribution in [3.63, 3.8) is 0 Å². The summed E-state index contributed by atoms with van der Waals surface area (Å²) in [5.74, 6) is 1.32. The SMILES string of the molecule is CCN(CCc1ccccc1)C(=O)c1cc(OC)c(C)c(OC)c1. The first-order valence-electron chi connectivity index (χ1n) is 8.16. The van der Waals surface area contributed by atoms with Crippen LogP contribution in [-0.4, -0.2) is 38.1 Å². The van der Waals surface area contributed by atoms with Gasteiger partial charge in [0, 0.05) is 24.2 Å². The van der Waals surface area contributed by atoms with Gasteiger partial charge in [-0.25, -0.2) is 0 Å². The maximum Gasteiger partial charge on any atom is 0.254 e. The fraction of sp³-hybridized carbons (Fsp3) is 0.350. The molecule has 128 valence electrons. The van der Waals surface area contributed by atoms with Crippen LogP contribution in [0.3, 0.4) is 0 Å². The van der Waals surface area contributed by atoms with Gasteiger partial charge in [0.2, 0.25) is 0 Å². The number of benzene rings is 2. The maximum atomic E-state index is 12.9. The lowest BCUT2D eigenvalue weighted by Gasteiger charge is -2.22. The molecular formula is C20H25NO3. The maximum absolute atomic E-state index is 12.9. The molecular weight excluding hydrogens is 302 g/mol. The zero-order valence-electron chi connectivity index (χ0n) is 14.8. The molecule has 4 heteroatoms. The fourth-order valence-corrected chi connectivity index (χ4v) is 2.70. The van der Waals surface area contributed by atoms with Gasteiger partial charge in [0.1, 0.15) is 11.5 Å². The summed E-state index contributed by atoms with van der Waals surface area (Å²) in [7, 11) is 3.20. The highest BCUT2D eigenvalue weighted by atomic mass is 16.5. The second-order valence-corrected chi connectivity index (χ2v) is 5.63. The molecule has 0 N–H and O–H groups in total. The predicted molar refractivity (Wildman–Crippen MR) is 96.0 cm³/mol. The Labute approximate surface area is 144 Å². The molecule has 2 aromatic carbocycles. The molecule has 0 atom stereocenters. The minimum Gasteiger partial charge on any atom is -0.496 e. The number of amides is 1. The van der Waals surface area contributed by atoms with E-state index in [2.05, 4.69) is 12.1 Å². The van der Waals surface area contributed by atoms with Crippen LogP contribution in [0, 0.1) is 6.92 Å². The third-order valence-electron chi connectivity index (χ3n) is 4.18. The number of hydrogen-bond acceptors (Lipinski definition) is 3. The third kappa shape index (κ3) is 4.07. The van der Waals surface area contributed by atoms with Crippen molar-refractivity contribution in [2.75, 3.05) is 27.3 Å². The highest BCUT2D eigenvalue weighted by Crippen LogP contribution is 2.30. The van der Waals surface area contributed by atoms with Crippen LogP contribution in [0.5, 0.6) is 11.5 Å². The van der Waals surface area contributed by atoms with Gasteiger partial charge in [-0.15, -0.1) is 0 Å². The molecule has 2 aromatic rings. The summed E-state index contributed by atoms with van der Waals surface area (Å²) in [5, 5.41) is 0. The molecule has 1 amide bonds. The van der Waals surface area contributed by atoms with Gasteiger partial charge in [0.15, 0.2) is 0 Å². The van der Waals surface area contributed by atoms with Crippen molar-refractivity contribution in [1.29, 1.82) is 0 Å². The first kappa shape index (κ1) is 17.9. The Hall–Kier alpha value is -2.49. The van der Waals surface area contributed by atoms with Crippen molar-refractivity contribution < 1.29 is 14.3 Å². The van der Waals surface area contributed by atoms with Crippen molar-refractivity contribution in [3.8, 4) is 11.5 Å². The minimum atomic E-state index is -0.00923. The highest BCUT2D eigenvalue weighted by molar-refractivity contribution is 5.95. The largest absolute Gasteiger partial charge is 0.496 e. The normalized spacial score (nSPS) is 10.3. The molecule has 0 radical (unpaired) electrons. The summed E-state index contributed by atoms with van der Waals surface area (Å²) >= 11 is 0. The van der Waals surface area contributed by atoms with Crippen molar-refractivity contribution in [2.45, 2.75) is 20.3 Å². The molecule has 0 unspecified atom stereocenters. The van der Waals surface area contributed by atoms with E-state index >= 15 is 0 Å². The average molecular weight is 327 g/mol. The lowest BCUT2D eigenvalue weighted by molar-refractivity contribution is 0.0765. The van der Waals surface area contributed by atoms with Gasteiger partial charge in [-0.3, -0.25) is 4.79 Å². The van der Waals surface area contributed by atoms with Gasteiger partial charge in [-0.05, 0) is 38.0 Å². The summed E-state index contributed by atoms with van der Waals surface area (Å²) in [4.78, 5) is 14.7. The van der Waals surface area contributed by atoms with E-state index in [1.165, 1.54) is 5.56 Å². The highest BCUT2D eigenvalue weighted by Gasteiger charge is 2.18. The Morgan fingerprint density at radius 1 is 1.04 bits per heavy atom. The minimum absolute atomic E-state index is 0.00923. The number of carbonyl (C=O) groups is 1. The number of carbonyl (C=O) groups excluding carboxylic acids is 1. The van der Waals surface area contributed by atoms with Crippen LogP contribution in [0.15, 0.2) is 42.5 Å². The van der Waals surface area contributed by atoms with Crippen LogP contribution in [0.25, 0.3) is 0 Å². The van der Waals surface area contributed by atoms with Gasteiger partial charge in [0.25, 0.3) is 5.91 Å². The third-order valence-corrected chi connectivity index (χ3v) is 4.18. The lowest BCUT2D eigenvalue weighted by atomic mass is 10.1. The van der Waals surface area contributed by atoms with Crippen molar-refractivity contribution in [3.05, 3.63) is 59.2 Å². The molecule has 24 heavy (non-hydrogen) atoms. The first-order chi connectivity index (χ1) is 11.6. The van der Waals surface area contributed by atoms with Gasteiger partial charge < -0.3 is 14.4 Å². The molecule has 0 aliphatic rings. The molecule has 0 aliphatic carbocycles. The molecule has 0 saturated heterocycles. The Morgan fingerprint density at radius 2 is 1.62 bits per heavy atom. The standard InChI is InChI=1S/C20H25NO3/c1-5-21(12-11-16-9-7-6-8-10-16)20(22)17-13-18(23-3)15(2)19(14-17)24-4/h6-10,13-14H,5,11-12H2,1-4H3. The van der Waals surface area contributed by atoms with E-state index in [9.17, 15) is 4.79 Å². The molecule has 0 aromatic heterocycles. The van der Waals surface area contributed by atoms with E-state index in [1.54, 1.807) is 26.4 Å². The zero-order chi connectivity index (χ0) is 17.5. The molecule has 4 nitrogen and oxygen atoms in total. The topological polar surface area (TPSA) is 38.8 Å². The first-order valence-corrected chi connectivity index (χ1v) is 8.16. The number of methoxy groups -OCH3 is 2. The second kappa shape index (κ2) is 8.39. The van der Waals surface area contributed by atoms with Crippen LogP contribution in [-0.2, 0) is 6.42 Å². The fourth-order valence-electron chi connectivity index (χ4n) is 2.70. The molecule has 0 bridgehead atoms. The lowest BCUT2D eigenvalue weighted by Crippen LogP contribution is -2.32. The van der Waals surface area contributed by atoms with Crippen LogP contribution in [0.2, 0.25) is 0 Å². The van der Waals surface area contributed by atoms with E-state index < -0.39 is 0 Å². The van der Waals surface area contributed by atoms with Crippen LogP contribution in [0.1, 0.15) is 28.4 Å². The number of nitrogens with zero attached hydrogens (tertiary/aromatic N) is 1. The summed E-state index contributed by atoms with van der Waals surface area (Å²) in [6.45, 7) is 5.24. The predicted octanol–water partition coefficient (Wildman–Crippen LogP) is 3.72. The van der Waals surface area contributed by atoms with Crippen molar-refractivity contribution >= 4 is 5.91 Å². The second-order valence-electron chi connectivity index (χ2n) is 5.63. The van der Waals surface area contributed by atoms with Crippen molar-refractivity contribution in [2.24, 2.45) is 0 Å². The molecule has 0 aliphatic heterocycles. The average Bonchev–Trinajstić information content (AvgIpc) is 2.63. The Balaban J connectivity index is 2.18. The molecule has 0 fully saturated rings. The molecule has 0 heterocycles. The van der Waals surface area contributed by atoms with E-state index in [1.807, 2.05) is 36.9 Å². The van der Waals surface area contributed by atoms with Crippen LogP contribution >= 0.6 is 0 Å². The molecule has 2 rings (SSSR count). The van der Waals surface area contributed by atoms with Gasteiger partial charge in [-0.2, -0.15) is 0 Å². The van der Waals surface area contributed by atoms with Gasteiger partial charge >= 0.3 is 0 Å². The molecule has 0 saturated carbocycles. The Morgan fingerprint density at radius 3 is 2.12 bits per heavy atom. The number of ether oxygens (including phenoxy) is 2. The van der Waals surface area contributed by atoms with Crippen molar-refractivity contribution in [1.82, 2.24) is 4.90 Å². The number of hydrogen-bond donors (Lipinski definition) is 0. The van der Waals surface area contributed by atoms with E-state index in [0.29, 0.717) is 30.2 Å². The zero-order valence-corrected chi connectivity index (χ0v) is 14.8. The Kier molecular flexibility index (Phi) is 6.24. The van der Waals surface area contributed by atoms with Crippen LogP contribution in [0.4, 0.5) is 0 Å². The molecule has 0 spiro atoms. The van der Waals surface area contributed by atoms with Gasteiger partial charge in [0.05, 0.1) is 14.2 Å². The summed E-state index contributed by atoms with van der Waals surface area (Å²) in [6.07, 6.45) is 0.834. The Bertz CT molecular complexity index is 658. The smallest absolute Gasteiger partial charge is 0.254 e. The van der Waals surface area contributed by atoms with E-state index in [4.69, 9.17) is 9.47 Å². The summed E-state index contributed by atoms with van der Waals surface area (Å²) in [5.41, 5.74) is 2.70.